The van der Waals surface area contributed by atoms with Crippen molar-refractivity contribution in [3.63, 3.8) is 0 Å². The lowest BCUT2D eigenvalue weighted by Crippen LogP contribution is -2.03. The maximum absolute atomic E-state index is 11.6. The quantitative estimate of drug-likeness (QED) is 0.696. The Bertz CT molecular complexity index is 933. The molecule has 1 aromatic heterocycles. The van der Waals surface area contributed by atoms with Crippen molar-refractivity contribution in [1.29, 1.82) is 0 Å². The maximum atomic E-state index is 11.6. The van der Waals surface area contributed by atoms with Gasteiger partial charge in [-0.25, -0.2) is 4.98 Å². The SMILES string of the molecule is O=S(=O)(O)c1cccc2cccc(NCc3cnc(Cl)s3)c12. The molecule has 3 aromatic rings. The third kappa shape index (κ3) is 3.07. The van der Waals surface area contributed by atoms with Crippen LogP contribution in [0.25, 0.3) is 10.8 Å². The van der Waals surface area contributed by atoms with E-state index >= 15 is 0 Å². The Morgan fingerprint density at radius 3 is 2.59 bits per heavy atom. The van der Waals surface area contributed by atoms with Crippen molar-refractivity contribution < 1.29 is 13.0 Å². The van der Waals surface area contributed by atoms with Gasteiger partial charge in [-0.3, -0.25) is 4.55 Å². The Morgan fingerprint density at radius 2 is 1.95 bits per heavy atom. The normalized spacial score (nSPS) is 11.7. The topological polar surface area (TPSA) is 79.3 Å². The highest BCUT2D eigenvalue weighted by atomic mass is 35.5. The summed E-state index contributed by atoms with van der Waals surface area (Å²) in [5.41, 5.74) is 0.621. The molecule has 3 rings (SSSR count). The average Bonchev–Trinajstić information content (AvgIpc) is 2.89. The van der Waals surface area contributed by atoms with E-state index < -0.39 is 10.1 Å². The van der Waals surface area contributed by atoms with Gasteiger partial charge >= 0.3 is 0 Å². The van der Waals surface area contributed by atoms with Gasteiger partial charge in [0.15, 0.2) is 4.47 Å². The molecule has 114 valence electrons. The molecule has 0 aliphatic rings. The molecule has 0 unspecified atom stereocenters. The lowest BCUT2D eigenvalue weighted by atomic mass is 10.1. The molecule has 1 heterocycles. The second-order valence-electron chi connectivity index (χ2n) is 4.57. The fourth-order valence-corrected chi connectivity index (χ4v) is 3.87. The van der Waals surface area contributed by atoms with Crippen LogP contribution in [0.3, 0.4) is 0 Å². The van der Waals surface area contributed by atoms with Gasteiger partial charge in [-0.05, 0) is 17.5 Å². The zero-order valence-electron chi connectivity index (χ0n) is 11.2. The smallest absolute Gasteiger partial charge is 0.295 e. The Hall–Kier alpha value is -1.67. The molecule has 8 heteroatoms. The molecule has 0 radical (unpaired) electrons. The zero-order valence-corrected chi connectivity index (χ0v) is 13.5. The molecule has 2 aromatic carbocycles. The number of anilines is 1. The van der Waals surface area contributed by atoms with Gasteiger partial charge in [-0.15, -0.1) is 11.3 Å². The van der Waals surface area contributed by atoms with Gasteiger partial charge in [0.25, 0.3) is 10.1 Å². The van der Waals surface area contributed by atoms with Gasteiger partial charge < -0.3 is 5.32 Å². The van der Waals surface area contributed by atoms with Gasteiger partial charge in [0.05, 0.1) is 6.54 Å². The minimum Gasteiger partial charge on any atom is -0.380 e. The van der Waals surface area contributed by atoms with Crippen molar-refractivity contribution in [2.24, 2.45) is 0 Å². The van der Waals surface area contributed by atoms with E-state index in [0.717, 1.165) is 10.3 Å². The number of aromatic nitrogens is 1. The van der Waals surface area contributed by atoms with Gasteiger partial charge in [-0.1, -0.05) is 35.9 Å². The lowest BCUT2D eigenvalue weighted by molar-refractivity contribution is 0.484. The van der Waals surface area contributed by atoms with Crippen LogP contribution in [0.4, 0.5) is 5.69 Å². The first-order valence-electron chi connectivity index (χ1n) is 6.28. The molecule has 0 atom stereocenters. The van der Waals surface area contributed by atoms with E-state index in [2.05, 4.69) is 10.3 Å². The van der Waals surface area contributed by atoms with Crippen LogP contribution in [-0.4, -0.2) is 18.0 Å². The van der Waals surface area contributed by atoms with Crippen molar-refractivity contribution >= 4 is 49.5 Å². The molecule has 0 saturated heterocycles. The minimum atomic E-state index is -4.30. The van der Waals surface area contributed by atoms with Crippen molar-refractivity contribution in [2.75, 3.05) is 5.32 Å². The number of halogens is 1. The van der Waals surface area contributed by atoms with E-state index in [-0.39, 0.29) is 4.90 Å². The molecule has 0 aliphatic carbocycles. The Labute approximate surface area is 136 Å². The number of rotatable bonds is 4. The summed E-state index contributed by atoms with van der Waals surface area (Å²) in [4.78, 5) is 4.76. The molecular weight excluding hydrogens is 344 g/mol. The summed E-state index contributed by atoms with van der Waals surface area (Å²) in [7, 11) is -4.30. The highest BCUT2D eigenvalue weighted by molar-refractivity contribution is 7.86. The van der Waals surface area contributed by atoms with Crippen LogP contribution in [0.5, 0.6) is 0 Å². The zero-order chi connectivity index (χ0) is 15.7. The summed E-state index contributed by atoms with van der Waals surface area (Å²) in [6, 6.07) is 10.1. The van der Waals surface area contributed by atoms with Crippen LogP contribution >= 0.6 is 22.9 Å². The summed E-state index contributed by atoms with van der Waals surface area (Å²) in [5.74, 6) is 0. The lowest BCUT2D eigenvalue weighted by Gasteiger charge is -2.11. The van der Waals surface area contributed by atoms with E-state index in [9.17, 15) is 13.0 Å². The first-order chi connectivity index (χ1) is 10.4. The number of hydrogen-bond donors (Lipinski definition) is 2. The van der Waals surface area contributed by atoms with Crippen LogP contribution in [0, 0.1) is 0 Å². The highest BCUT2D eigenvalue weighted by Crippen LogP contribution is 2.30. The van der Waals surface area contributed by atoms with Crippen LogP contribution in [0.1, 0.15) is 4.88 Å². The number of fused-ring (bicyclic) bond motifs is 1. The van der Waals surface area contributed by atoms with Gasteiger partial charge in [0.2, 0.25) is 0 Å². The first-order valence-corrected chi connectivity index (χ1v) is 8.92. The fraction of sp³-hybridized carbons (Fsp3) is 0.0714. The molecule has 0 spiro atoms. The molecule has 0 amide bonds. The second kappa shape index (κ2) is 5.85. The molecule has 0 aliphatic heterocycles. The molecular formula is C14H11ClN2O3S2. The molecule has 0 saturated carbocycles. The molecule has 0 bridgehead atoms. The summed E-state index contributed by atoms with van der Waals surface area (Å²) in [6.07, 6.45) is 1.66. The Kier molecular flexibility index (Phi) is 4.05. The van der Waals surface area contributed by atoms with Crippen LogP contribution < -0.4 is 5.32 Å². The van der Waals surface area contributed by atoms with Crippen LogP contribution in [0.2, 0.25) is 4.47 Å². The predicted molar refractivity (Wildman–Crippen MR) is 88.2 cm³/mol. The molecule has 2 N–H and O–H groups in total. The summed E-state index contributed by atoms with van der Waals surface area (Å²) >= 11 is 7.14. The van der Waals surface area contributed by atoms with E-state index in [4.69, 9.17) is 11.6 Å². The molecule has 0 fully saturated rings. The first kappa shape index (κ1) is 15.2. The minimum absolute atomic E-state index is 0.115. The molecule has 22 heavy (non-hydrogen) atoms. The van der Waals surface area contributed by atoms with Crippen molar-refractivity contribution in [3.8, 4) is 0 Å². The number of nitrogens with one attached hydrogen (secondary N) is 1. The Balaban J connectivity index is 2.05. The van der Waals surface area contributed by atoms with E-state index in [0.29, 0.717) is 22.1 Å². The Morgan fingerprint density at radius 1 is 1.23 bits per heavy atom. The van der Waals surface area contributed by atoms with E-state index in [1.54, 1.807) is 30.5 Å². The van der Waals surface area contributed by atoms with E-state index in [1.807, 2.05) is 6.07 Å². The van der Waals surface area contributed by atoms with Gasteiger partial charge in [0, 0.05) is 22.1 Å². The standard InChI is InChI=1S/C14H11ClN2O3S2/c15-14-17-8-10(21-14)7-16-11-5-1-3-9-4-2-6-12(13(9)11)22(18,19)20/h1-6,8,16H,7H2,(H,18,19,20). The molecule has 5 nitrogen and oxygen atoms in total. The third-order valence-corrected chi connectivity index (χ3v) is 5.13. The van der Waals surface area contributed by atoms with E-state index in [1.165, 1.54) is 17.4 Å². The largest absolute Gasteiger partial charge is 0.380 e. The fourth-order valence-electron chi connectivity index (χ4n) is 2.22. The highest BCUT2D eigenvalue weighted by Gasteiger charge is 2.16. The van der Waals surface area contributed by atoms with Crippen molar-refractivity contribution in [3.05, 3.63) is 51.9 Å². The van der Waals surface area contributed by atoms with Crippen LogP contribution in [0.15, 0.2) is 47.5 Å². The van der Waals surface area contributed by atoms with Crippen molar-refractivity contribution in [2.45, 2.75) is 11.4 Å². The average molecular weight is 355 g/mol. The summed E-state index contributed by atoms with van der Waals surface area (Å²) in [5, 5.41) is 4.35. The van der Waals surface area contributed by atoms with Gasteiger partial charge in [0.1, 0.15) is 4.90 Å². The maximum Gasteiger partial charge on any atom is 0.295 e. The summed E-state index contributed by atoms with van der Waals surface area (Å²) < 4.78 is 33.0. The predicted octanol–water partition coefficient (Wildman–Crippen LogP) is 3.81. The second-order valence-corrected chi connectivity index (χ2v) is 7.66. The van der Waals surface area contributed by atoms with Crippen molar-refractivity contribution in [1.82, 2.24) is 4.98 Å². The number of thiazole rings is 1. The van der Waals surface area contributed by atoms with Gasteiger partial charge in [-0.2, -0.15) is 8.42 Å². The number of benzene rings is 2. The van der Waals surface area contributed by atoms with Crippen LogP contribution in [-0.2, 0) is 16.7 Å². The summed E-state index contributed by atoms with van der Waals surface area (Å²) in [6.45, 7) is 0.462. The third-order valence-electron chi connectivity index (χ3n) is 3.12. The number of hydrogen-bond acceptors (Lipinski definition) is 5. The number of nitrogens with zero attached hydrogens (tertiary/aromatic N) is 1. The monoisotopic (exact) mass is 354 g/mol.